The number of guanidine groups is 1. The number of nitrogens with one attached hydrogen (secondary N) is 2. The Morgan fingerprint density at radius 2 is 2.06 bits per heavy atom. The average molecular weight is 548 g/mol. The normalized spacial score (nSPS) is 19.5. The summed E-state index contributed by atoms with van der Waals surface area (Å²) in [5.41, 5.74) is 0. The van der Waals surface area contributed by atoms with Crippen LogP contribution in [0.15, 0.2) is 4.99 Å². The zero-order chi connectivity index (χ0) is 21.5. The Kier molecular flexibility index (Phi) is 10.4. The number of hydrogen-bond acceptors (Lipinski definition) is 6. The predicted octanol–water partition coefficient (Wildman–Crippen LogP) is 0.290. The fraction of sp³-hybridized carbons (Fsp3) is 0.800. The molecule has 3 heterocycles. The quantitative estimate of drug-likeness (QED) is 0.287. The minimum atomic E-state index is -0.0203. The van der Waals surface area contributed by atoms with Crippen molar-refractivity contribution in [2.75, 3.05) is 60.0 Å². The van der Waals surface area contributed by atoms with Crippen molar-refractivity contribution in [2.24, 2.45) is 4.99 Å². The van der Waals surface area contributed by atoms with Crippen LogP contribution in [0.5, 0.6) is 0 Å². The summed E-state index contributed by atoms with van der Waals surface area (Å²) in [6.45, 7) is 10.3. The summed E-state index contributed by atoms with van der Waals surface area (Å²) in [6, 6.07) is 0.198. The molecule has 1 aromatic heterocycles. The van der Waals surface area contributed by atoms with E-state index in [1.54, 1.807) is 19.0 Å². The van der Waals surface area contributed by atoms with E-state index in [1.165, 1.54) is 0 Å². The molecule has 2 aliphatic rings. The number of halogens is 1. The molecular weight excluding hydrogens is 511 g/mol. The molecule has 1 amide bonds. The van der Waals surface area contributed by atoms with Crippen molar-refractivity contribution in [1.29, 1.82) is 0 Å². The van der Waals surface area contributed by atoms with Crippen molar-refractivity contribution >= 4 is 35.8 Å². The number of hydrogen-bond donors (Lipinski definition) is 2. The van der Waals surface area contributed by atoms with Crippen LogP contribution in [0.1, 0.15) is 37.8 Å². The first-order valence-electron chi connectivity index (χ1n) is 10.9. The Morgan fingerprint density at radius 1 is 1.32 bits per heavy atom. The number of ether oxygens (including phenoxy) is 1. The first kappa shape index (κ1) is 25.8. The summed E-state index contributed by atoms with van der Waals surface area (Å²) >= 11 is 0. The second-order valence-corrected chi connectivity index (χ2v) is 8.44. The number of morpholine rings is 1. The molecule has 11 heteroatoms. The molecule has 0 spiro atoms. The van der Waals surface area contributed by atoms with E-state index in [0.717, 1.165) is 70.4 Å². The van der Waals surface area contributed by atoms with Gasteiger partial charge in [-0.15, -0.1) is 24.0 Å². The van der Waals surface area contributed by atoms with Gasteiger partial charge >= 0.3 is 0 Å². The van der Waals surface area contributed by atoms with E-state index < -0.39 is 0 Å². The Balaban J connectivity index is 0.00000341. The lowest BCUT2D eigenvalue weighted by molar-refractivity contribution is -0.127. The lowest BCUT2D eigenvalue weighted by Gasteiger charge is -2.28. The Morgan fingerprint density at radius 3 is 2.74 bits per heavy atom. The number of fused-ring (bicyclic) bond motifs is 1. The molecule has 0 radical (unpaired) electrons. The third kappa shape index (κ3) is 7.86. The number of likely N-dealkylation sites (N-methyl/N-ethyl adjacent to an activating group) is 1. The van der Waals surface area contributed by atoms with E-state index >= 15 is 0 Å². The fourth-order valence-corrected chi connectivity index (χ4v) is 3.48. The van der Waals surface area contributed by atoms with Gasteiger partial charge in [-0.1, -0.05) is 13.8 Å². The third-order valence-electron chi connectivity index (χ3n) is 5.43. The molecular formula is C20H37IN8O2. The summed E-state index contributed by atoms with van der Waals surface area (Å²) in [7, 11) is 3.49. The smallest absolute Gasteiger partial charge is 0.243 e. The molecule has 3 rings (SSSR count). The van der Waals surface area contributed by atoms with Gasteiger partial charge in [-0.25, -0.2) is 14.7 Å². The molecule has 0 aromatic carbocycles. The van der Waals surface area contributed by atoms with Crippen molar-refractivity contribution in [2.45, 2.75) is 45.2 Å². The number of rotatable bonds is 7. The zero-order valence-electron chi connectivity index (χ0n) is 19.1. The number of aliphatic imine (C=N–C) groups is 1. The summed E-state index contributed by atoms with van der Waals surface area (Å²) in [5, 5.41) is 11.6. The maximum atomic E-state index is 12.0. The molecule has 1 saturated heterocycles. The highest BCUT2D eigenvalue weighted by Crippen LogP contribution is 2.16. The first-order chi connectivity index (χ1) is 14.4. The third-order valence-corrected chi connectivity index (χ3v) is 5.43. The Bertz CT molecular complexity index is 731. The van der Waals surface area contributed by atoms with Crippen LogP contribution in [-0.2, 0) is 22.5 Å². The van der Waals surface area contributed by atoms with Crippen LogP contribution >= 0.6 is 24.0 Å². The highest BCUT2D eigenvalue weighted by atomic mass is 127. The van der Waals surface area contributed by atoms with Crippen LogP contribution < -0.4 is 10.6 Å². The molecule has 0 saturated carbocycles. The van der Waals surface area contributed by atoms with Crippen LogP contribution in [0.3, 0.4) is 0 Å². The Labute approximate surface area is 202 Å². The van der Waals surface area contributed by atoms with Gasteiger partial charge in [0.15, 0.2) is 11.8 Å². The minimum absolute atomic E-state index is 0. The molecule has 2 aliphatic heterocycles. The second kappa shape index (κ2) is 12.5. The van der Waals surface area contributed by atoms with E-state index in [9.17, 15) is 4.79 Å². The summed E-state index contributed by atoms with van der Waals surface area (Å²) in [5.74, 6) is 2.94. The van der Waals surface area contributed by atoms with E-state index in [2.05, 4.69) is 44.5 Å². The molecule has 0 bridgehead atoms. The molecule has 31 heavy (non-hydrogen) atoms. The standard InChI is InChI=1S/C20H36N8O2.HI/c1-15(2)19-24-17-6-5-16(14-28(17)25-19)23-20(22-13-18(29)26(3)4)21-7-8-27-9-11-30-12-10-27;/h15-16H,5-14H2,1-4H3,(H2,21,22,23);1H. The molecule has 10 nitrogen and oxygen atoms in total. The van der Waals surface area contributed by atoms with Crippen molar-refractivity contribution in [3.05, 3.63) is 11.6 Å². The maximum Gasteiger partial charge on any atom is 0.243 e. The maximum absolute atomic E-state index is 12.0. The van der Waals surface area contributed by atoms with Gasteiger partial charge in [0.2, 0.25) is 5.91 Å². The first-order valence-corrected chi connectivity index (χ1v) is 10.9. The fourth-order valence-electron chi connectivity index (χ4n) is 3.48. The van der Waals surface area contributed by atoms with Gasteiger partial charge in [0.25, 0.3) is 0 Å². The van der Waals surface area contributed by atoms with Crippen LogP contribution in [-0.4, -0.2) is 103 Å². The summed E-state index contributed by atoms with van der Waals surface area (Å²) < 4.78 is 7.41. The van der Waals surface area contributed by atoms with E-state index in [1.807, 2.05) is 4.68 Å². The molecule has 0 aliphatic carbocycles. The van der Waals surface area contributed by atoms with Gasteiger partial charge in [0.1, 0.15) is 12.4 Å². The largest absolute Gasteiger partial charge is 0.379 e. The summed E-state index contributed by atoms with van der Waals surface area (Å²) in [4.78, 5) is 25.1. The van der Waals surface area contributed by atoms with Gasteiger partial charge in [0, 0.05) is 58.7 Å². The molecule has 176 valence electrons. The average Bonchev–Trinajstić information content (AvgIpc) is 3.16. The number of aryl methyl sites for hydroxylation is 1. The van der Waals surface area contributed by atoms with Crippen LogP contribution in [0.25, 0.3) is 0 Å². The van der Waals surface area contributed by atoms with E-state index in [4.69, 9.17) is 4.74 Å². The lowest BCUT2D eigenvalue weighted by Crippen LogP contribution is -2.49. The van der Waals surface area contributed by atoms with Gasteiger partial charge < -0.3 is 20.3 Å². The van der Waals surface area contributed by atoms with Crippen LogP contribution in [0, 0.1) is 0 Å². The van der Waals surface area contributed by atoms with E-state index in [0.29, 0.717) is 11.9 Å². The Hall–Kier alpha value is -1.47. The highest BCUT2D eigenvalue weighted by Gasteiger charge is 2.23. The van der Waals surface area contributed by atoms with E-state index in [-0.39, 0.29) is 42.5 Å². The van der Waals surface area contributed by atoms with Gasteiger partial charge in [-0.3, -0.25) is 9.69 Å². The molecule has 1 aromatic rings. The molecule has 2 N–H and O–H groups in total. The number of nitrogens with zero attached hydrogens (tertiary/aromatic N) is 6. The van der Waals surface area contributed by atoms with Gasteiger partial charge in [-0.2, -0.15) is 5.10 Å². The number of aromatic nitrogens is 3. The highest BCUT2D eigenvalue weighted by molar-refractivity contribution is 14.0. The van der Waals surface area contributed by atoms with Crippen LogP contribution in [0.4, 0.5) is 0 Å². The number of carbonyl (C=O) groups excluding carboxylic acids is 1. The summed E-state index contributed by atoms with van der Waals surface area (Å²) in [6.07, 6.45) is 1.84. The van der Waals surface area contributed by atoms with Crippen molar-refractivity contribution < 1.29 is 9.53 Å². The SMILES string of the molecule is CC(C)c1nc2n(n1)CC(NC(=NCC(=O)N(C)C)NCCN1CCOCC1)CC2.I. The van der Waals surface area contributed by atoms with Crippen molar-refractivity contribution in [3.63, 3.8) is 0 Å². The minimum Gasteiger partial charge on any atom is -0.379 e. The van der Waals surface area contributed by atoms with Crippen LogP contribution in [0.2, 0.25) is 0 Å². The van der Waals surface area contributed by atoms with Crippen molar-refractivity contribution in [1.82, 2.24) is 35.2 Å². The van der Waals surface area contributed by atoms with Gasteiger partial charge in [0.05, 0.1) is 19.8 Å². The topological polar surface area (TPSA) is 99.9 Å². The van der Waals surface area contributed by atoms with Crippen molar-refractivity contribution in [3.8, 4) is 0 Å². The monoisotopic (exact) mass is 548 g/mol. The zero-order valence-corrected chi connectivity index (χ0v) is 21.5. The number of carbonyl (C=O) groups is 1. The molecule has 1 fully saturated rings. The lowest BCUT2D eigenvalue weighted by atomic mass is 10.1. The molecule has 1 unspecified atom stereocenters. The second-order valence-electron chi connectivity index (χ2n) is 8.44. The van der Waals surface area contributed by atoms with Gasteiger partial charge in [-0.05, 0) is 6.42 Å². The molecule has 1 atom stereocenters. The predicted molar refractivity (Wildman–Crippen MR) is 131 cm³/mol. The number of amides is 1.